The number of morpholine rings is 1. The summed E-state index contributed by atoms with van der Waals surface area (Å²) >= 11 is 0. The first-order chi connectivity index (χ1) is 10.0. The van der Waals surface area contributed by atoms with Crippen LogP contribution in [0.25, 0.3) is 0 Å². The molecule has 2 aliphatic heterocycles. The third-order valence-corrected chi connectivity index (χ3v) is 4.51. The lowest BCUT2D eigenvalue weighted by Crippen LogP contribution is -2.55. The molecule has 0 aromatic heterocycles. The molecule has 0 saturated carbocycles. The predicted molar refractivity (Wildman–Crippen MR) is 78.1 cm³/mol. The highest BCUT2D eigenvalue weighted by molar-refractivity contribution is 5.75. The molecule has 2 amide bonds. The Morgan fingerprint density at radius 3 is 2.76 bits per heavy atom. The number of likely N-dealkylation sites (tertiary alicyclic amines) is 1. The van der Waals surface area contributed by atoms with Gasteiger partial charge in [0.2, 0.25) is 0 Å². The second kappa shape index (κ2) is 7.11. The Morgan fingerprint density at radius 1 is 1.33 bits per heavy atom. The van der Waals surface area contributed by atoms with Crippen molar-refractivity contribution >= 4 is 12.0 Å². The molecule has 6 heteroatoms. The molecule has 2 rings (SSSR count). The number of carboxylic acid groups (broad SMARTS) is 1. The zero-order valence-electron chi connectivity index (χ0n) is 13.0. The second-order valence-corrected chi connectivity index (χ2v) is 6.17. The topological polar surface area (TPSA) is 70.1 Å². The fourth-order valence-corrected chi connectivity index (χ4v) is 3.17. The largest absolute Gasteiger partial charge is 0.481 e. The fourth-order valence-electron chi connectivity index (χ4n) is 3.17. The Kier molecular flexibility index (Phi) is 5.45. The summed E-state index contributed by atoms with van der Waals surface area (Å²) in [5, 5.41) is 8.75. The van der Waals surface area contributed by atoms with Crippen LogP contribution in [0.4, 0.5) is 4.79 Å². The van der Waals surface area contributed by atoms with E-state index < -0.39 is 5.97 Å². The van der Waals surface area contributed by atoms with Gasteiger partial charge in [0.1, 0.15) is 0 Å². The minimum Gasteiger partial charge on any atom is -0.481 e. The molecule has 0 radical (unpaired) electrons. The minimum atomic E-state index is -0.757. The van der Waals surface area contributed by atoms with Crippen LogP contribution in [-0.2, 0) is 9.53 Å². The van der Waals surface area contributed by atoms with Gasteiger partial charge in [-0.1, -0.05) is 6.92 Å². The van der Waals surface area contributed by atoms with E-state index in [9.17, 15) is 9.59 Å². The van der Waals surface area contributed by atoms with E-state index in [1.54, 1.807) is 0 Å². The molecule has 21 heavy (non-hydrogen) atoms. The average Bonchev–Trinajstić information content (AvgIpc) is 2.93. The number of amides is 2. The van der Waals surface area contributed by atoms with Crippen LogP contribution in [0.3, 0.4) is 0 Å². The zero-order chi connectivity index (χ0) is 15.4. The molecule has 3 atom stereocenters. The van der Waals surface area contributed by atoms with E-state index in [4.69, 9.17) is 9.84 Å². The van der Waals surface area contributed by atoms with Crippen LogP contribution in [0.2, 0.25) is 0 Å². The summed E-state index contributed by atoms with van der Waals surface area (Å²) in [6.45, 7) is 6.75. The number of carbonyl (C=O) groups excluding carboxylic acids is 1. The standard InChI is InChI=1S/C15H26N2O4/c1-3-13-10-21-11(2)8-17(13)15(20)16-7-6-12(9-16)4-5-14(18)19/h11-13H,3-10H2,1-2H3,(H,18,19). The van der Waals surface area contributed by atoms with Crippen molar-refractivity contribution in [1.82, 2.24) is 9.80 Å². The van der Waals surface area contributed by atoms with Gasteiger partial charge in [0.25, 0.3) is 0 Å². The summed E-state index contributed by atoms with van der Waals surface area (Å²) in [5.41, 5.74) is 0. The van der Waals surface area contributed by atoms with Gasteiger partial charge < -0.3 is 19.6 Å². The van der Waals surface area contributed by atoms with Crippen LogP contribution in [0, 0.1) is 5.92 Å². The molecule has 2 aliphatic rings. The molecule has 2 fully saturated rings. The van der Waals surface area contributed by atoms with Crippen molar-refractivity contribution in [3.8, 4) is 0 Å². The summed E-state index contributed by atoms with van der Waals surface area (Å²) in [7, 11) is 0. The van der Waals surface area contributed by atoms with E-state index in [1.807, 2.05) is 16.7 Å². The van der Waals surface area contributed by atoms with Crippen LogP contribution in [-0.4, -0.2) is 65.3 Å². The summed E-state index contributed by atoms with van der Waals surface area (Å²) in [4.78, 5) is 27.1. The fraction of sp³-hybridized carbons (Fsp3) is 0.867. The molecule has 0 bridgehead atoms. The minimum absolute atomic E-state index is 0.0853. The van der Waals surface area contributed by atoms with Gasteiger partial charge in [0, 0.05) is 26.1 Å². The number of aliphatic carboxylic acids is 1. The number of urea groups is 1. The maximum absolute atomic E-state index is 12.7. The molecule has 0 aliphatic carbocycles. The Balaban J connectivity index is 1.89. The molecule has 2 saturated heterocycles. The van der Waals surface area contributed by atoms with E-state index in [0.717, 1.165) is 19.4 Å². The van der Waals surface area contributed by atoms with Gasteiger partial charge in [-0.25, -0.2) is 4.79 Å². The molecule has 0 aromatic rings. The Labute approximate surface area is 126 Å². The van der Waals surface area contributed by atoms with E-state index in [2.05, 4.69) is 6.92 Å². The highest BCUT2D eigenvalue weighted by Crippen LogP contribution is 2.24. The van der Waals surface area contributed by atoms with E-state index in [1.165, 1.54) is 0 Å². The first-order valence-corrected chi connectivity index (χ1v) is 7.90. The van der Waals surface area contributed by atoms with Crippen molar-refractivity contribution in [1.29, 1.82) is 0 Å². The number of hydrogen-bond donors (Lipinski definition) is 1. The van der Waals surface area contributed by atoms with Crippen LogP contribution in [0.1, 0.15) is 39.5 Å². The van der Waals surface area contributed by atoms with Gasteiger partial charge in [0.05, 0.1) is 18.8 Å². The van der Waals surface area contributed by atoms with Gasteiger partial charge in [-0.15, -0.1) is 0 Å². The van der Waals surface area contributed by atoms with Crippen LogP contribution >= 0.6 is 0 Å². The zero-order valence-corrected chi connectivity index (χ0v) is 13.0. The molecule has 0 aromatic carbocycles. The monoisotopic (exact) mass is 298 g/mol. The van der Waals surface area contributed by atoms with E-state index in [-0.39, 0.29) is 24.6 Å². The number of carbonyl (C=O) groups is 2. The highest BCUT2D eigenvalue weighted by Gasteiger charge is 2.35. The number of nitrogens with zero attached hydrogens (tertiary/aromatic N) is 2. The molecule has 6 nitrogen and oxygen atoms in total. The normalized spacial score (nSPS) is 29.7. The number of ether oxygens (including phenoxy) is 1. The third-order valence-electron chi connectivity index (χ3n) is 4.51. The van der Waals surface area contributed by atoms with Crippen LogP contribution in [0.15, 0.2) is 0 Å². The van der Waals surface area contributed by atoms with Gasteiger partial charge in [-0.3, -0.25) is 4.79 Å². The molecule has 120 valence electrons. The average molecular weight is 298 g/mol. The summed E-state index contributed by atoms with van der Waals surface area (Å²) in [5.74, 6) is -0.434. The van der Waals surface area contributed by atoms with E-state index in [0.29, 0.717) is 32.0 Å². The van der Waals surface area contributed by atoms with Crippen molar-refractivity contribution in [2.24, 2.45) is 5.92 Å². The van der Waals surface area contributed by atoms with Crippen molar-refractivity contribution in [2.45, 2.75) is 51.7 Å². The quantitative estimate of drug-likeness (QED) is 0.859. The van der Waals surface area contributed by atoms with Crippen molar-refractivity contribution in [2.75, 3.05) is 26.2 Å². The third kappa shape index (κ3) is 4.09. The molecule has 2 heterocycles. The maximum Gasteiger partial charge on any atom is 0.320 e. The summed E-state index contributed by atoms with van der Waals surface area (Å²) in [6, 6.07) is 0.251. The van der Waals surface area contributed by atoms with Crippen molar-refractivity contribution in [3.63, 3.8) is 0 Å². The first-order valence-electron chi connectivity index (χ1n) is 7.90. The van der Waals surface area contributed by atoms with Gasteiger partial charge >= 0.3 is 12.0 Å². The van der Waals surface area contributed by atoms with Gasteiger partial charge in [-0.05, 0) is 32.1 Å². The molecule has 1 N–H and O–H groups in total. The Bertz CT molecular complexity index is 388. The van der Waals surface area contributed by atoms with Crippen molar-refractivity contribution < 1.29 is 19.4 Å². The lowest BCUT2D eigenvalue weighted by molar-refractivity contribution is -0.137. The molecular formula is C15H26N2O4. The first kappa shape index (κ1) is 16.1. The van der Waals surface area contributed by atoms with E-state index >= 15 is 0 Å². The lowest BCUT2D eigenvalue weighted by Gasteiger charge is -2.40. The number of carboxylic acids is 1. The molecular weight excluding hydrogens is 272 g/mol. The maximum atomic E-state index is 12.7. The smallest absolute Gasteiger partial charge is 0.320 e. The van der Waals surface area contributed by atoms with Crippen molar-refractivity contribution in [3.05, 3.63) is 0 Å². The van der Waals surface area contributed by atoms with Gasteiger partial charge in [0.15, 0.2) is 0 Å². The Morgan fingerprint density at radius 2 is 2.10 bits per heavy atom. The van der Waals surface area contributed by atoms with Crippen LogP contribution in [0.5, 0.6) is 0 Å². The van der Waals surface area contributed by atoms with Gasteiger partial charge in [-0.2, -0.15) is 0 Å². The molecule has 0 spiro atoms. The number of hydrogen-bond acceptors (Lipinski definition) is 3. The summed E-state index contributed by atoms with van der Waals surface area (Å²) < 4.78 is 5.63. The Hall–Kier alpha value is -1.30. The second-order valence-electron chi connectivity index (χ2n) is 6.17. The van der Waals surface area contributed by atoms with Crippen LogP contribution < -0.4 is 0 Å². The number of rotatable bonds is 4. The summed E-state index contributed by atoms with van der Waals surface area (Å²) in [6.07, 6.45) is 2.75. The SMILES string of the molecule is CCC1COC(C)CN1C(=O)N1CCC(CCC(=O)O)C1. The highest BCUT2D eigenvalue weighted by atomic mass is 16.5. The lowest BCUT2D eigenvalue weighted by atomic mass is 10.0. The predicted octanol–water partition coefficient (Wildman–Crippen LogP) is 1.79. The molecule has 3 unspecified atom stereocenters.